The number of nitro benzene ring substituents is 1. The second kappa shape index (κ2) is 4.75. The Morgan fingerprint density at radius 1 is 1.60 bits per heavy atom. The molecule has 0 N–H and O–H groups in total. The zero-order valence-corrected chi connectivity index (χ0v) is 8.65. The molecular formula is C9H8ClNO4. The third-order valence-electron chi connectivity index (χ3n) is 1.81. The van der Waals surface area contributed by atoms with Gasteiger partial charge in [-0.25, -0.2) is 0 Å². The monoisotopic (exact) mass is 229 g/mol. The minimum Gasteiger partial charge on any atom is -0.497 e. The summed E-state index contributed by atoms with van der Waals surface area (Å²) in [7, 11) is 1.44. The lowest BCUT2D eigenvalue weighted by atomic mass is 10.1. The molecule has 0 aromatic heterocycles. The Morgan fingerprint density at radius 3 is 2.73 bits per heavy atom. The van der Waals surface area contributed by atoms with Gasteiger partial charge in [-0.05, 0) is 23.7 Å². The standard InChI is InChI=1S/C9H8ClNO4/c1-15-7-2-3-8(11(13)14)6(4-7)5-9(10)12/h2-4H,5H2,1H3. The fourth-order valence-electron chi connectivity index (χ4n) is 1.16. The number of ether oxygens (including phenoxy) is 1. The lowest BCUT2D eigenvalue weighted by Crippen LogP contribution is -2.00. The van der Waals surface area contributed by atoms with Gasteiger partial charge >= 0.3 is 0 Å². The molecule has 0 aliphatic heterocycles. The van der Waals surface area contributed by atoms with Crippen LogP contribution in [0.1, 0.15) is 5.56 Å². The average Bonchev–Trinajstić information content (AvgIpc) is 2.16. The number of benzene rings is 1. The van der Waals surface area contributed by atoms with Crippen LogP contribution >= 0.6 is 11.6 Å². The molecule has 6 heteroatoms. The Labute approximate surface area is 90.8 Å². The van der Waals surface area contributed by atoms with Crippen molar-refractivity contribution in [2.75, 3.05) is 7.11 Å². The van der Waals surface area contributed by atoms with Crippen LogP contribution in [0.3, 0.4) is 0 Å². The summed E-state index contributed by atoms with van der Waals surface area (Å²) >= 11 is 5.18. The van der Waals surface area contributed by atoms with E-state index in [1.807, 2.05) is 0 Å². The number of methoxy groups -OCH3 is 1. The summed E-state index contributed by atoms with van der Waals surface area (Å²) < 4.78 is 4.89. The van der Waals surface area contributed by atoms with Gasteiger partial charge in [0.15, 0.2) is 0 Å². The van der Waals surface area contributed by atoms with Crippen LogP contribution in [-0.2, 0) is 11.2 Å². The van der Waals surface area contributed by atoms with E-state index in [4.69, 9.17) is 16.3 Å². The van der Waals surface area contributed by atoms with E-state index in [1.165, 1.54) is 25.3 Å². The first kappa shape index (κ1) is 11.5. The maximum Gasteiger partial charge on any atom is 0.273 e. The quantitative estimate of drug-likeness (QED) is 0.449. The van der Waals surface area contributed by atoms with Crippen molar-refractivity contribution in [3.8, 4) is 5.75 Å². The predicted molar refractivity (Wildman–Crippen MR) is 54.2 cm³/mol. The molecule has 1 aromatic carbocycles. The summed E-state index contributed by atoms with van der Waals surface area (Å²) in [5.74, 6) is 0.452. The summed E-state index contributed by atoms with van der Waals surface area (Å²) in [5, 5.41) is 9.97. The number of carbonyl (C=O) groups is 1. The smallest absolute Gasteiger partial charge is 0.273 e. The van der Waals surface area contributed by atoms with Crippen LogP contribution in [-0.4, -0.2) is 17.3 Å². The third kappa shape index (κ3) is 2.92. The van der Waals surface area contributed by atoms with E-state index in [-0.39, 0.29) is 17.7 Å². The second-order valence-electron chi connectivity index (χ2n) is 2.78. The molecule has 5 nitrogen and oxygen atoms in total. The summed E-state index contributed by atoms with van der Waals surface area (Å²) in [5.41, 5.74) is 0.115. The van der Waals surface area contributed by atoms with Gasteiger partial charge in [0.2, 0.25) is 5.24 Å². The highest BCUT2D eigenvalue weighted by Gasteiger charge is 2.16. The van der Waals surface area contributed by atoms with E-state index < -0.39 is 10.2 Å². The van der Waals surface area contributed by atoms with Gasteiger partial charge in [0, 0.05) is 11.6 Å². The first-order chi connectivity index (χ1) is 7.04. The largest absolute Gasteiger partial charge is 0.497 e. The van der Waals surface area contributed by atoms with Crippen LogP contribution in [0, 0.1) is 10.1 Å². The fraction of sp³-hybridized carbons (Fsp3) is 0.222. The Hall–Kier alpha value is -1.62. The summed E-state index contributed by atoms with van der Waals surface area (Å²) in [6, 6.07) is 4.17. The Morgan fingerprint density at radius 2 is 2.27 bits per heavy atom. The van der Waals surface area contributed by atoms with Crippen molar-refractivity contribution >= 4 is 22.5 Å². The van der Waals surface area contributed by atoms with Gasteiger partial charge in [-0.2, -0.15) is 0 Å². The second-order valence-corrected chi connectivity index (χ2v) is 3.21. The highest BCUT2D eigenvalue weighted by molar-refractivity contribution is 6.63. The van der Waals surface area contributed by atoms with E-state index in [0.29, 0.717) is 5.75 Å². The molecule has 0 fully saturated rings. The van der Waals surface area contributed by atoms with Gasteiger partial charge in [-0.15, -0.1) is 0 Å². The van der Waals surface area contributed by atoms with Crippen LogP contribution in [0.5, 0.6) is 5.75 Å². The Balaban J connectivity index is 3.16. The van der Waals surface area contributed by atoms with Crippen LogP contribution in [0.4, 0.5) is 5.69 Å². The van der Waals surface area contributed by atoms with Crippen molar-refractivity contribution < 1.29 is 14.5 Å². The third-order valence-corrected chi connectivity index (χ3v) is 1.95. The normalized spacial score (nSPS) is 9.73. The van der Waals surface area contributed by atoms with Gasteiger partial charge in [0.1, 0.15) is 5.75 Å². The van der Waals surface area contributed by atoms with Crippen LogP contribution in [0.2, 0.25) is 0 Å². The number of halogens is 1. The van der Waals surface area contributed by atoms with Gasteiger partial charge in [-0.1, -0.05) is 0 Å². The van der Waals surface area contributed by atoms with E-state index in [0.717, 1.165) is 0 Å². The van der Waals surface area contributed by atoms with Gasteiger partial charge in [-0.3, -0.25) is 14.9 Å². The van der Waals surface area contributed by atoms with Gasteiger partial charge < -0.3 is 4.74 Å². The van der Waals surface area contributed by atoms with E-state index in [1.54, 1.807) is 0 Å². The van der Waals surface area contributed by atoms with Crippen LogP contribution < -0.4 is 4.74 Å². The molecule has 0 aliphatic rings. The maximum atomic E-state index is 10.7. The molecule has 0 spiro atoms. The molecule has 0 bridgehead atoms. The van der Waals surface area contributed by atoms with Crippen molar-refractivity contribution in [3.05, 3.63) is 33.9 Å². The first-order valence-electron chi connectivity index (χ1n) is 4.04. The topological polar surface area (TPSA) is 69.4 Å². The number of carbonyl (C=O) groups excluding carboxylic acids is 1. The minimum absolute atomic E-state index is 0.134. The molecule has 0 saturated carbocycles. The lowest BCUT2D eigenvalue weighted by molar-refractivity contribution is -0.385. The highest BCUT2D eigenvalue weighted by atomic mass is 35.5. The van der Waals surface area contributed by atoms with E-state index in [2.05, 4.69) is 0 Å². The van der Waals surface area contributed by atoms with Crippen molar-refractivity contribution in [1.29, 1.82) is 0 Å². The first-order valence-corrected chi connectivity index (χ1v) is 4.42. The van der Waals surface area contributed by atoms with Crippen molar-refractivity contribution in [1.82, 2.24) is 0 Å². The molecule has 15 heavy (non-hydrogen) atoms. The van der Waals surface area contributed by atoms with Crippen molar-refractivity contribution in [3.63, 3.8) is 0 Å². The predicted octanol–water partition coefficient (Wildman–Crippen LogP) is 1.91. The molecule has 1 rings (SSSR count). The number of nitrogens with zero attached hydrogens (tertiary/aromatic N) is 1. The number of hydrogen-bond acceptors (Lipinski definition) is 4. The van der Waals surface area contributed by atoms with E-state index >= 15 is 0 Å². The molecule has 80 valence electrons. The molecule has 1 aromatic rings. The highest BCUT2D eigenvalue weighted by Crippen LogP contribution is 2.24. The molecular weight excluding hydrogens is 222 g/mol. The molecule has 0 aliphatic carbocycles. The van der Waals surface area contributed by atoms with Crippen molar-refractivity contribution in [2.24, 2.45) is 0 Å². The Kier molecular flexibility index (Phi) is 3.62. The van der Waals surface area contributed by atoms with Gasteiger partial charge in [0.05, 0.1) is 18.5 Å². The SMILES string of the molecule is COc1ccc([N+](=O)[O-])c(CC(=O)Cl)c1. The number of nitro groups is 1. The zero-order valence-electron chi connectivity index (χ0n) is 7.90. The van der Waals surface area contributed by atoms with E-state index in [9.17, 15) is 14.9 Å². The summed E-state index contributed by atoms with van der Waals surface area (Å²) in [4.78, 5) is 20.7. The zero-order chi connectivity index (χ0) is 11.4. The van der Waals surface area contributed by atoms with Crippen LogP contribution in [0.15, 0.2) is 18.2 Å². The lowest BCUT2D eigenvalue weighted by Gasteiger charge is -2.03. The molecule has 0 amide bonds. The fourth-order valence-corrected chi connectivity index (χ4v) is 1.30. The summed E-state index contributed by atoms with van der Waals surface area (Å²) in [6.45, 7) is 0. The Bertz CT molecular complexity index is 405. The van der Waals surface area contributed by atoms with Crippen LogP contribution in [0.25, 0.3) is 0 Å². The van der Waals surface area contributed by atoms with Crippen molar-refractivity contribution in [2.45, 2.75) is 6.42 Å². The maximum absolute atomic E-state index is 10.7. The molecule has 0 radical (unpaired) electrons. The average molecular weight is 230 g/mol. The number of hydrogen-bond donors (Lipinski definition) is 0. The minimum atomic E-state index is -0.647. The van der Waals surface area contributed by atoms with Gasteiger partial charge in [0.25, 0.3) is 5.69 Å². The number of rotatable bonds is 4. The molecule has 0 unspecified atom stereocenters. The molecule has 0 atom stereocenters. The molecule has 0 saturated heterocycles. The summed E-state index contributed by atoms with van der Waals surface area (Å²) in [6.07, 6.45) is -0.185. The molecule has 0 heterocycles.